The Balaban J connectivity index is 1.43. The number of rotatable bonds is 4. The number of thiazole rings is 1. The standard InChI is InChI=1S/C17H18N4O2S/c1-12-11-24-17(18-12)14-9-21(7-8-22-14)10-15-19-16(20-23-15)13-5-3-2-4-6-13/h2-6,11,14H,7-10H2,1H3/t14-/m0/s1. The van der Waals surface area contributed by atoms with Crippen LogP contribution in [0.3, 0.4) is 0 Å². The van der Waals surface area contributed by atoms with Gasteiger partial charge < -0.3 is 9.26 Å². The molecule has 1 atom stereocenters. The zero-order valence-corrected chi connectivity index (χ0v) is 14.2. The van der Waals surface area contributed by atoms with Gasteiger partial charge in [0.2, 0.25) is 11.7 Å². The third-order valence-electron chi connectivity index (χ3n) is 3.92. The smallest absolute Gasteiger partial charge is 0.241 e. The Kier molecular flexibility index (Phi) is 4.38. The van der Waals surface area contributed by atoms with E-state index < -0.39 is 0 Å². The second kappa shape index (κ2) is 6.80. The summed E-state index contributed by atoms with van der Waals surface area (Å²) in [4.78, 5) is 11.3. The van der Waals surface area contributed by atoms with Crippen LogP contribution in [0.25, 0.3) is 11.4 Å². The van der Waals surface area contributed by atoms with E-state index in [1.807, 2.05) is 37.3 Å². The average molecular weight is 342 g/mol. The molecule has 24 heavy (non-hydrogen) atoms. The first-order chi connectivity index (χ1) is 11.8. The summed E-state index contributed by atoms with van der Waals surface area (Å²) in [6, 6.07) is 9.86. The fraction of sp³-hybridized carbons (Fsp3) is 0.353. The molecule has 4 rings (SSSR count). The second-order valence-corrected chi connectivity index (χ2v) is 6.69. The highest BCUT2D eigenvalue weighted by molar-refractivity contribution is 7.09. The molecule has 0 aliphatic carbocycles. The van der Waals surface area contributed by atoms with Crippen molar-refractivity contribution in [3.8, 4) is 11.4 Å². The Morgan fingerprint density at radius 3 is 2.92 bits per heavy atom. The molecule has 7 heteroatoms. The number of benzene rings is 1. The molecule has 1 saturated heterocycles. The van der Waals surface area contributed by atoms with E-state index in [2.05, 4.69) is 25.4 Å². The van der Waals surface area contributed by atoms with Gasteiger partial charge in [-0.1, -0.05) is 35.5 Å². The van der Waals surface area contributed by atoms with E-state index >= 15 is 0 Å². The normalized spacial score (nSPS) is 18.8. The monoisotopic (exact) mass is 342 g/mol. The van der Waals surface area contributed by atoms with Crippen molar-refractivity contribution >= 4 is 11.3 Å². The van der Waals surface area contributed by atoms with Crippen LogP contribution in [-0.4, -0.2) is 39.7 Å². The molecule has 1 aliphatic heterocycles. The minimum Gasteiger partial charge on any atom is -0.368 e. The summed E-state index contributed by atoms with van der Waals surface area (Å²) >= 11 is 1.65. The third kappa shape index (κ3) is 3.38. The van der Waals surface area contributed by atoms with Crippen LogP contribution in [0, 0.1) is 6.92 Å². The molecule has 124 valence electrons. The van der Waals surface area contributed by atoms with Gasteiger partial charge >= 0.3 is 0 Å². The fourth-order valence-electron chi connectivity index (χ4n) is 2.73. The van der Waals surface area contributed by atoms with Crippen LogP contribution in [0.15, 0.2) is 40.2 Å². The number of hydrogen-bond acceptors (Lipinski definition) is 7. The van der Waals surface area contributed by atoms with Crippen LogP contribution in [-0.2, 0) is 11.3 Å². The number of nitrogens with zero attached hydrogens (tertiary/aromatic N) is 4. The summed E-state index contributed by atoms with van der Waals surface area (Å²) in [6.45, 7) is 4.96. The van der Waals surface area contributed by atoms with Gasteiger partial charge in [0.15, 0.2) is 0 Å². The van der Waals surface area contributed by atoms with E-state index in [-0.39, 0.29) is 6.10 Å². The van der Waals surface area contributed by atoms with Crippen molar-refractivity contribution in [2.75, 3.05) is 19.7 Å². The fourth-order valence-corrected chi connectivity index (χ4v) is 3.57. The van der Waals surface area contributed by atoms with Gasteiger partial charge in [0.25, 0.3) is 0 Å². The van der Waals surface area contributed by atoms with Crippen molar-refractivity contribution in [3.63, 3.8) is 0 Å². The number of ether oxygens (including phenoxy) is 1. The van der Waals surface area contributed by atoms with Crippen LogP contribution < -0.4 is 0 Å². The number of aryl methyl sites for hydroxylation is 1. The van der Waals surface area contributed by atoms with Gasteiger partial charge in [-0.3, -0.25) is 4.90 Å². The van der Waals surface area contributed by atoms with Crippen LogP contribution in [0.2, 0.25) is 0 Å². The first-order valence-corrected chi connectivity index (χ1v) is 8.80. The van der Waals surface area contributed by atoms with Gasteiger partial charge in [-0.05, 0) is 6.92 Å². The molecule has 0 radical (unpaired) electrons. The average Bonchev–Trinajstić information content (AvgIpc) is 3.25. The Labute approximate surface area is 144 Å². The summed E-state index contributed by atoms with van der Waals surface area (Å²) in [5, 5.41) is 7.17. The van der Waals surface area contributed by atoms with Gasteiger partial charge in [0.1, 0.15) is 11.1 Å². The van der Waals surface area contributed by atoms with Gasteiger partial charge in [-0.15, -0.1) is 11.3 Å². The predicted molar refractivity (Wildman–Crippen MR) is 90.6 cm³/mol. The summed E-state index contributed by atoms with van der Waals surface area (Å²) in [6.07, 6.45) is 0.0222. The molecule has 0 bridgehead atoms. The van der Waals surface area contributed by atoms with Gasteiger partial charge in [0, 0.05) is 29.7 Å². The largest absolute Gasteiger partial charge is 0.368 e. The maximum atomic E-state index is 5.86. The lowest BCUT2D eigenvalue weighted by Crippen LogP contribution is -2.37. The molecule has 6 nitrogen and oxygen atoms in total. The lowest BCUT2D eigenvalue weighted by Gasteiger charge is -2.30. The first kappa shape index (κ1) is 15.4. The molecule has 3 aromatic rings. The van der Waals surface area contributed by atoms with E-state index in [0.717, 1.165) is 29.4 Å². The van der Waals surface area contributed by atoms with E-state index in [1.54, 1.807) is 11.3 Å². The minimum atomic E-state index is 0.0222. The summed E-state index contributed by atoms with van der Waals surface area (Å²) < 4.78 is 11.3. The van der Waals surface area contributed by atoms with Crippen LogP contribution in [0.5, 0.6) is 0 Å². The molecular weight excluding hydrogens is 324 g/mol. The Bertz CT molecular complexity index is 802. The number of aromatic nitrogens is 3. The van der Waals surface area contributed by atoms with Crippen LogP contribution >= 0.6 is 11.3 Å². The van der Waals surface area contributed by atoms with Gasteiger partial charge in [0.05, 0.1) is 13.2 Å². The molecule has 0 spiro atoms. The molecule has 1 aliphatic rings. The molecule has 2 aromatic heterocycles. The lowest BCUT2D eigenvalue weighted by molar-refractivity contribution is -0.0357. The Hall–Kier alpha value is -2.09. The summed E-state index contributed by atoms with van der Waals surface area (Å²) in [5.41, 5.74) is 2.01. The van der Waals surface area contributed by atoms with Gasteiger partial charge in [-0.25, -0.2) is 4.98 Å². The van der Waals surface area contributed by atoms with Crippen LogP contribution in [0.4, 0.5) is 0 Å². The van der Waals surface area contributed by atoms with Gasteiger partial charge in [-0.2, -0.15) is 4.98 Å². The summed E-state index contributed by atoms with van der Waals surface area (Å²) in [7, 11) is 0. The zero-order valence-electron chi connectivity index (χ0n) is 13.4. The van der Waals surface area contributed by atoms with Crippen molar-refractivity contribution in [2.24, 2.45) is 0 Å². The molecule has 0 unspecified atom stereocenters. The number of morpholine rings is 1. The van der Waals surface area contributed by atoms with Crippen molar-refractivity contribution < 1.29 is 9.26 Å². The van der Waals surface area contributed by atoms with Crippen molar-refractivity contribution in [1.29, 1.82) is 0 Å². The molecular formula is C17H18N4O2S. The third-order valence-corrected chi connectivity index (χ3v) is 4.98. The molecule has 1 aromatic carbocycles. The van der Waals surface area contributed by atoms with E-state index in [9.17, 15) is 0 Å². The van der Waals surface area contributed by atoms with Crippen molar-refractivity contribution in [3.05, 3.63) is 52.3 Å². The van der Waals surface area contributed by atoms with Crippen LogP contribution in [0.1, 0.15) is 22.7 Å². The highest BCUT2D eigenvalue weighted by Crippen LogP contribution is 2.26. The Morgan fingerprint density at radius 2 is 2.12 bits per heavy atom. The van der Waals surface area contributed by atoms with E-state index in [4.69, 9.17) is 9.26 Å². The maximum absolute atomic E-state index is 5.86. The SMILES string of the molecule is Cc1csc([C@@H]2CN(Cc3nc(-c4ccccc4)no3)CCO2)n1. The van der Waals surface area contributed by atoms with E-state index in [1.165, 1.54) is 0 Å². The molecule has 0 N–H and O–H groups in total. The molecule has 0 amide bonds. The Morgan fingerprint density at radius 1 is 1.25 bits per heavy atom. The zero-order chi connectivity index (χ0) is 16.4. The minimum absolute atomic E-state index is 0.0222. The molecule has 3 heterocycles. The van der Waals surface area contributed by atoms with Crippen molar-refractivity contribution in [1.82, 2.24) is 20.0 Å². The van der Waals surface area contributed by atoms with E-state index in [0.29, 0.717) is 24.9 Å². The first-order valence-electron chi connectivity index (χ1n) is 7.92. The predicted octanol–water partition coefficient (Wildman–Crippen LogP) is 3.08. The second-order valence-electron chi connectivity index (χ2n) is 5.80. The van der Waals surface area contributed by atoms with Crippen molar-refractivity contribution in [2.45, 2.75) is 19.6 Å². The molecule has 0 saturated carbocycles. The lowest BCUT2D eigenvalue weighted by atomic mass is 10.2. The maximum Gasteiger partial charge on any atom is 0.241 e. The topological polar surface area (TPSA) is 64.3 Å². The summed E-state index contributed by atoms with van der Waals surface area (Å²) in [5.74, 6) is 1.26. The molecule has 1 fully saturated rings. The highest BCUT2D eigenvalue weighted by atomic mass is 32.1. The quantitative estimate of drug-likeness (QED) is 0.726. The highest BCUT2D eigenvalue weighted by Gasteiger charge is 2.25. The number of hydrogen-bond donors (Lipinski definition) is 0.